The third kappa shape index (κ3) is 41.1. The van der Waals surface area contributed by atoms with Crippen molar-refractivity contribution in [1.29, 1.82) is 0 Å². The van der Waals surface area contributed by atoms with Crippen molar-refractivity contribution in [2.24, 2.45) is 0 Å². The first-order valence-electron chi connectivity index (χ1n) is 19.1. The van der Waals surface area contributed by atoms with Crippen LogP contribution in [-0.2, 0) is 23.2 Å². The van der Waals surface area contributed by atoms with Crippen molar-refractivity contribution >= 4 is 19.8 Å². The van der Waals surface area contributed by atoms with Crippen molar-refractivity contribution in [2.75, 3.05) is 34.3 Å². The highest BCUT2D eigenvalue weighted by Crippen LogP contribution is 2.39. The molecule has 46 heavy (non-hydrogen) atoms. The zero-order valence-electron chi connectivity index (χ0n) is 31.0. The van der Waals surface area contributed by atoms with E-state index in [-0.39, 0.29) is 19.4 Å². The molecule has 0 aromatic rings. The van der Waals surface area contributed by atoms with Crippen LogP contribution in [0.15, 0.2) is 0 Å². The molecule has 0 saturated carbocycles. The maximum Gasteiger partial charge on any atom is 0.376 e. The monoisotopic (exact) mass is 678 g/mol. The van der Waals surface area contributed by atoms with Gasteiger partial charge in [-0.3, -0.25) is 9.59 Å². The zero-order valence-corrected chi connectivity index (χ0v) is 31.9. The fourth-order valence-corrected chi connectivity index (χ4v) is 5.95. The molecule has 1 N–H and O–H groups in total. The molecule has 276 valence electrons. The Morgan fingerprint density at radius 2 is 0.761 bits per heavy atom. The third-order valence-corrected chi connectivity index (χ3v) is 9.02. The smallest absolute Gasteiger partial charge is 0.376 e. The molecule has 0 bridgehead atoms. The molecule has 0 fully saturated rings. The van der Waals surface area contributed by atoms with Crippen LogP contribution in [0.2, 0.25) is 0 Å². The number of quaternary nitrogens is 1. The molecular weight excluding hydrogens is 601 g/mol. The van der Waals surface area contributed by atoms with Gasteiger partial charge in [0.15, 0.2) is 0 Å². The molecular formula is C37H76NO7P. The average molecular weight is 678 g/mol. The lowest BCUT2D eigenvalue weighted by molar-refractivity contribution is -0.870. The second-order valence-corrected chi connectivity index (χ2v) is 15.4. The molecule has 0 amide bonds. The Labute approximate surface area is 285 Å². The molecule has 0 aliphatic heterocycles. The van der Waals surface area contributed by atoms with E-state index in [0.717, 1.165) is 49.6 Å². The maximum absolute atomic E-state index is 11.9. The van der Waals surface area contributed by atoms with Gasteiger partial charge in [0.25, 0.3) is 0 Å². The lowest BCUT2D eigenvalue weighted by Crippen LogP contribution is -2.36. The first kappa shape index (κ1) is 47.2. The predicted molar refractivity (Wildman–Crippen MR) is 190 cm³/mol. The molecule has 0 rings (SSSR count). The Balaban J connectivity index is 0. The van der Waals surface area contributed by atoms with Crippen LogP contribution in [-0.4, -0.2) is 55.8 Å². The summed E-state index contributed by atoms with van der Waals surface area (Å²) in [4.78, 5) is 35.5. The van der Waals surface area contributed by atoms with Crippen LogP contribution >= 0.6 is 7.82 Å². The Bertz CT molecular complexity index is 679. The number of aliphatic hydroxyl groups is 1. The van der Waals surface area contributed by atoms with Crippen LogP contribution in [0.4, 0.5) is 0 Å². The number of carbonyl (C=O) groups excluding carboxylic acids is 2. The van der Waals surface area contributed by atoms with Gasteiger partial charge >= 0.3 is 19.8 Å². The molecule has 0 atom stereocenters. The lowest BCUT2D eigenvalue weighted by Gasteiger charge is -2.21. The molecule has 0 saturated heterocycles. The number of unbranched alkanes of at least 4 members (excludes halogenated alkanes) is 24. The van der Waals surface area contributed by atoms with Gasteiger partial charge in [0.1, 0.15) is 6.54 Å². The number of nitrogens with zero attached hydrogens (tertiary/aromatic N) is 1. The van der Waals surface area contributed by atoms with Gasteiger partial charge in [-0.2, -0.15) is 0 Å². The predicted octanol–water partition coefficient (Wildman–Crippen LogP) is 10.2. The van der Waals surface area contributed by atoms with E-state index in [9.17, 15) is 19.0 Å². The minimum absolute atomic E-state index is 0.0282. The zero-order chi connectivity index (χ0) is 34.8. The second-order valence-electron chi connectivity index (χ2n) is 14.1. The molecule has 0 aromatic carbocycles. The highest BCUT2D eigenvalue weighted by molar-refractivity contribution is 7.47. The van der Waals surface area contributed by atoms with Crippen molar-refractivity contribution < 1.29 is 37.7 Å². The summed E-state index contributed by atoms with van der Waals surface area (Å²) in [5.74, 6) is -1.68. The highest BCUT2D eigenvalue weighted by atomic mass is 31.2. The first-order valence-corrected chi connectivity index (χ1v) is 20.6. The van der Waals surface area contributed by atoms with E-state index in [1.807, 2.05) is 0 Å². The topological polar surface area (TPSA) is 113 Å². The van der Waals surface area contributed by atoms with Gasteiger partial charge in [-0.25, -0.2) is 4.57 Å². The van der Waals surface area contributed by atoms with Crippen molar-refractivity contribution in [2.45, 2.75) is 194 Å². The van der Waals surface area contributed by atoms with Crippen molar-refractivity contribution in [3.8, 4) is 0 Å². The SMILES string of the molecule is CCCCCCCCCCCCCCCC(=O)OP(=O)([O-])OC(=O)CCCCCCCCCCCCCCC.C[N+](C)(C)CCO. The molecule has 9 heteroatoms. The van der Waals surface area contributed by atoms with E-state index in [1.165, 1.54) is 116 Å². The normalized spacial score (nSPS) is 11.6. The summed E-state index contributed by atoms with van der Waals surface area (Å²) in [6, 6.07) is 0. The number of carbonyl (C=O) groups is 2. The van der Waals surface area contributed by atoms with E-state index in [4.69, 9.17) is 5.11 Å². The average Bonchev–Trinajstić information content (AvgIpc) is 2.97. The fourth-order valence-electron chi connectivity index (χ4n) is 5.23. The van der Waals surface area contributed by atoms with Crippen molar-refractivity contribution in [3.05, 3.63) is 0 Å². The van der Waals surface area contributed by atoms with Crippen molar-refractivity contribution in [3.63, 3.8) is 0 Å². The highest BCUT2D eigenvalue weighted by Gasteiger charge is 2.20. The van der Waals surface area contributed by atoms with Crippen LogP contribution in [0.3, 0.4) is 0 Å². The molecule has 8 nitrogen and oxygen atoms in total. The van der Waals surface area contributed by atoms with Crippen LogP contribution in [0.5, 0.6) is 0 Å². The minimum atomic E-state index is -4.93. The molecule has 0 spiro atoms. The molecule has 0 aromatic heterocycles. The first-order chi connectivity index (χ1) is 22.0. The van der Waals surface area contributed by atoms with Gasteiger partial charge in [0.2, 0.25) is 0 Å². The summed E-state index contributed by atoms with van der Waals surface area (Å²) in [6.07, 6.45) is 31.0. The van der Waals surface area contributed by atoms with Gasteiger partial charge in [-0.15, -0.1) is 0 Å². The Morgan fingerprint density at radius 1 is 0.522 bits per heavy atom. The number of likely N-dealkylation sites (N-methyl/N-ethyl adjacent to an activating group) is 1. The standard InChI is InChI=1S/C32H63O6P.C5H14NO/c1-3-5-7-9-11-13-15-17-19-21-23-25-27-29-31(33)37-39(35,36)38-32(34)30-28-26-24-22-20-18-16-14-12-10-8-6-4-2;1-6(2,3)4-5-7/h3-30H2,1-2H3,(H,35,36);7H,4-5H2,1-3H3/q;+1/p-1. The molecule has 0 radical (unpaired) electrons. The molecule has 0 unspecified atom stereocenters. The summed E-state index contributed by atoms with van der Waals surface area (Å²) >= 11 is 0. The fraction of sp³-hybridized carbons (Fsp3) is 0.946. The quantitative estimate of drug-likeness (QED) is 0.0428. The Hall–Kier alpha value is -0.950. The van der Waals surface area contributed by atoms with Crippen LogP contribution in [0.25, 0.3) is 0 Å². The molecule has 0 heterocycles. The van der Waals surface area contributed by atoms with Crippen LogP contribution in [0, 0.1) is 0 Å². The summed E-state index contributed by atoms with van der Waals surface area (Å²) < 4.78 is 21.6. The largest absolute Gasteiger partial charge is 0.736 e. The number of aliphatic hydroxyl groups excluding tert-OH is 1. The van der Waals surface area contributed by atoms with Crippen LogP contribution < -0.4 is 4.89 Å². The molecule has 0 aliphatic rings. The van der Waals surface area contributed by atoms with Gasteiger partial charge < -0.3 is 23.5 Å². The summed E-state index contributed by atoms with van der Waals surface area (Å²) in [7, 11) is 1.23. The third-order valence-electron chi connectivity index (χ3n) is 8.17. The summed E-state index contributed by atoms with van der Waals surface area (Å²) in [6.45, 7) is 5.60. The number of phosphoric ester groups is 1. The Morgan fingerprint density at radius 3 is 0.957 bits per heavy atom. The van der Waals surface area contributed by atoms with E-state index >= 15 is 0 Å². The summed E-state index contributed by atoms with van der Waals surface area (Å²) in [5.41, 5.74) is 0. The molecule has 0 aliphatic carbocycles. The number of hydrogen-bond acceptors (Lipinski definition) is 7. The van der Waals surface area contributed by atoms with E-state index in [2.05, 4.69) is 44.0 Å². The minimum Gasteiger partial charge on any atom is -0.736 e. The Kier molecular flexibility index (Phi) is 34.8. The second kappa shape index (κ2) is 33.9. The number of rotatable bonds is 32. The van der Waals surface area contributed by atoms with Crippen LogP contribution in [0.1, 0.15) is 194 Å². The summed E-state index contributed by atoms with van der Waals surface area (Å²) in [5, 5.41) is 8.39. The number of phosphoric acid groups is 1. The van der Waals surface area contributed by atoms with E-state index < -0.39 is 19.8 Å². The van der Waals surface area contributed by atoms with E-state index in [1.54, 1.807) is 0 Å². The maximum atomic E-state index is 11.9. The number of hydrogen-bond donors (Lipinski definition) is 1. The van der Waals surface area contributed by atoms with E-state index in [0.29, 0.717) is 12.8 Å². The van der Waals surface area contributed by atoms with Gasteiger partial charge in [0.05, 0.1) is 27.7 Å². The van der Waals surface area contributed by atoms with Crippen molar-refractivity contribution in [1.82, 2.24) is 0 Å². The van der Waals surface area contributed by atoms with Gasteiger partial charge in [0, 0.05) is 12.8 Å². The van der Waals surface area contributed by atoms with Gasteiger partial charge in [-0.1, -0.05) is 168 Å². The van der Waals surface area contributed by atoms with Gasteiger partial charge in [-0.05, 0) is 12.8 Å². The lowest BCUT2D eigenvalue weighted by atomic mass is 10.0.